The van der Waals surface area contributed by atoms with E-state index in [9.17, 15) is 4.79 Å². The number of rotatable bonds is 4. The maximum atomic E-state index is 11.1. The quantitative estimate of drug-likeness (QED) is 0.923. The number of hydrazine groups is 1. The van der Waals surface area contributed by atoms with Gasteiger partial charge in [-0.05, 0) is 45.2 Å². The Balaban J connectivity index is 2.06. The summed E-state index contributed by atoms with van der Waals surface area (Å²) >= 11 is 0. The predicted molar refractivity (Wildman–Crippen MR) is 81.5 cm³/mol. The van der Waals surface area contributed by atoms with Gasteiger partial charge in [0.25, 0.3) is 0 Å². The summed E-state index contributed by atoms with van der Waals surface area (Å²) < 4.78 is 0. The monoisotopic (exact) mass is 291 g/mol. The number of piperidine rings is 1. The molecule has 0 aliphatic carbocycles. The van der Waals surface area contributed by atoms with E-state index in [1.165, 1.54) is 5.56 Å². The molecule has 0 spiro atoms. The lowest BCUT2D eigenvalue weighted by molar-refractivity contribution is -0.150. The van der Waals surface area contributed by atoms with Crippen LogP contribution in [0.25, 0.3) is 0 Å². The van der Waals surface area contributed by atoms with Crippen molar-refractivity contribution in [2.45, 2.75) is 45.7 Å². The fourth-order valence-electron chi connectivity index (χ4n) is 2.78. The van der Waals surface area contributed by atoms with Gasteiger partial charge in [0, 0.05) is 37.6 Å². The molecule has 5 nitrogen and oxygen atoms in total. The molecule has 1 N–H and O–H groups in total. The van der Waals surface area contributed by atoms with Crippen LogP contribution in [0.1, 0.15) is 39.2 Å². The summed E-state index contributed by atoms with van der Waals surface area (Å²) in [6.45, 7) is 8.96. The van der Waals surface area contributed by atoms with Gasteiger partial charge in [0.1, 0.15) is 0 Å². The molecule has 1 aliphatic heterocycles. The first-order valence-electron chi connectivity index (χ1n) is 7.52. The highest BCUT2D eigenvalue weighted by molar-refractivity contribution is 5.70. The van der Waals surface area contributed by atoms with Crippen LogP contribution in [0.5, 0.6) is 0 Å². The van der Waals surface area contributed by atoms with Crippen LogP contribution in [-0.2, 0) is 11.3 Å². The number of carboxylic acids is 1. The molecular weight excluding hydrogens is 266 g/mol. The molecule has 1 fully saturated rings. The van der Waals surface area contributed by atoms with Crippen LogP contribution in [0.4, 0.5) is 0 Å². The van der Waals surface area contributed by atoms with Crippen LogP contribution < -0.4 is 0 Å². The Kier molecular flexibility index (Phi) is 4.96. The molecule has 2 heterocycles. The molecule has 116 valence electrons. The first-order chi connectivity index (χ1) is 9.88. The molecule has 0 saturated carbocycles. The highest BCUT2D eigenvalue weighted by atomic mass is 16.4. The van der Waals surface area contributed by atoms with Gasteiger partial charge >= 0.3 is 5.97 Å². The highest BCUT2D eigenvalue weighted by Gasteiger charge is 2.32. The lowest BCUT2D eigenvalue weighted by atomic mass is 9.97. The van der Waals surface area contributed by atoms with Crippen molar-refractivity contribution in [1.82, 2.24) is 15.0 Å². The van der Waals surface area contributed by atoms with Gasteiger partial charge < -0.3 is 5.11 Å². The predicted octanol–water partition coefficient (Wildman–Crippen LogP) is 2.39. The molecule has 1 aromatic rings. The fraction of sp³-hybridized carbons (Fsp3) is 0.625. The molecule has 1 saturated heterocycles. The van der Waals surface area contributed by atoms with E-state index in [4.69, 9.17) is 5.11 Å². The summed E-state index contributed by atoms with van der Waals surface area (Å²) in [5, 5.41) is 13.8. The van der Waals surface area contributed by atoms with Crippen LogP contribution in [0, 0.1) is 5.92 Å². The average Bonchev–Trinajstić information content (AvgIpc) is 2.45. The van der Waals surface area contributed by atoms with E-state index in [1.54, 1.807) is 6.20 Å². The van der Waals surface area contributed by atoms with Crippen LogP contribution in [0.15, 0.2) is 24.5 Å². The Morgan fingerprint density at radius 2 is 2.10 bits per heavy atom. The van der Waals surface area contributed by atoms with Crippen molar-refractivity contribution in [3.8, 4) is 0 Å². The van der Waals surface area contributed by atoms with Crippen molar-refractivity contribution in [1.29, 1.82) is 0 Å². The van der Waals surface area contributed by atoms with E-state index >= 15 is 0 Å². The minimum absolute atomic E-state index is 0.00803. The van der Waals surface area contributed by atoms with Crippen molar-refractivity contribution in [3.05, 3.63) is 30.1 Å². The summed E-state index contributed by atoms with van der Waals surface area (Å²) in [5.41, 5.74) is 1.17. The number of hydrogen-bond acceptors (Lipinski definition) is 4. The molecule has 1 aromatic heterocycles. The lowest BCUT2D eigenvalue weighted by Crippen LogP contribution is -2.55. The molecule has 0 radical (unpaired) electrons. The molecule has 0 aromatic carbocycles. The third kappa shape index (κ3) is 4.25. The van der Waals surface area contributed by atoms with Crippen molar-refractivity contribution in [2.24, 2.45) is 5.92 Å². The summed E-state index contributed by atoms with van der Waals surface area (Å²) in [7, 11) is 0. The van der Waals surface area contributed by atoms with Crippen LogP contribution in [-0.4, -0.2) is 44.7 Å². The number of carboxylic acid groups (broad SMARTS) is 1. The maximum Gasteiger partial charge on any atom is 0.306 e. The number of hydrogen-bond donors (Lipinski definition) is 1. The number of aromatic nitrogens is 1. The fourth-order valence-corrected chi connectivity index (χ4v) is 2.78. The van der Waals surface area contributed by atoms with Gasteiger partial charge in [-0.2, -0.15) is 0 Å². The summed E-state index contributed by atoms with van der Waals surface area (Å²) in [6.07, 6.45) is 5.11. The second-order valence-electron chi connectivity index (χ2n) is 6.66. The Morgan fingerprint density at radius 3 is 2.57 bits per heavy atom. The van der Waals surface area contributed by atoms with Gasteiger partial charge in [-0.15, -0.1) is 0 Å². The van der Waals surface area contributed by atoms with Crippen molar-refractivity contribution in [3.63, 3.8) is 0 Å². The zero-order valence-electron chi connectivity index (χ0n) is 13.1. The zero-order chi connectivity index (χ0) is 15.5. The van der Waals surface area contributed by atoms with E-state index in [2.05, 4.69) is 41.8 Å². The number of nitrogens with zero attached hydrogens (tertiary/aromatic N) is 3. The minimum Gasteiger partial charge on any atom is -0.481 e. The van der Waals surface area contributed by atoms with Gasteiger partial charge in [0.2, 0.25) is 0 Å². The number of carbonyl (C=O) groups is 1. The molecule has 5 heteroatoms. The number of pyridine rings is 1. The van der Waals surface area contributed by atoms with Gasteiger partial charge in [-0.25, -0.2) is 10.0 Å². The molecule has 2 rings (SSSR count). The Bertz CT molecular complexity index is 462. The van der Waals surface area contributed by atoms with Crippen LogP contribution in [0.3, 0.4) is 0 Å². The third-order valence-electron chi connectivity index (χ3n) is 3.99. The second-order valence-corrected chi connectivity index (χ2v) is 6.66. The van der Waals surface area contributed by atoms with Crippen molar-refractivity contribution < 1.29 is 9.90 Å². The Hall–Kier alpha value is -1.46. The first-order valence-corrected chi connectivity index (χ1v) is 7.52. The van der Waals surface area contributed by atoms with E-state index in [0.717, 1.165) is 32.5 Å². The van der Waals surface area contributed by atoms with Crippen LogP contribution >= 0.6 is 0 Å². The van der Waals surface area contributed by atoms with Gasteiger partial charge in [-0.3, -0.25) is 9.78 Å². The van der Waals surface area contributed by atoms with Gasteiger partial charge in [-0.1, -0.05) is 6.07 Å². The Morgan fingerprint density at radius 1 is 1.43 bits per heavy atom. The summed E-state index contributed by atoms with van der Waals surface area (Å²) in [6, 6.07) is 4.03. The largest absolute Gasteiger partial charge is 0.481 e. The maximum absolute atomic E-state index is 11.1. The topological polar surface area (TPSA) is 56.7 Å². The smallest absolute Gasteiger partial charge is 0.306 e. The van der Waals surface area contributed by atoms with E-state index in [1.807, 2.05) is 12.3 Å². The van der Waals surface area contributed by atoms with Crippen molar-refractivity contribution in [2.75, 3.05) is 13.1 Å². The van der Waals surface area contributed by atoms with E-state index < -0.39 is 5.97 Å². The lowest BCUT2D eigenvalue weighted by Gasteiger charge is -2.46. The second kappa shape index (κ2) is 6.54. The SMILES string of the molecule is CC(C)(C)N(Cc1cccnc1)N1CCC(C(=O)O)CC1. The van der Waals surface area contributed by atoms with E-state index in [0.29, 0.717) is 0 Å². The molecular formula is C16H25N3O2. The molecule has 0 bridgehead atoms. The van der Waals surface area contributed by atoms with E-state index in [-0.39, 0.29) is 11.5 Å². The molecule has 1 aliphatic rings. The Labute approximate surface area is 126 Å². The molecule has 0 amide bonds. The van der Waals surface area contributed by atoms with Gasteiger partial charge in [0.05, 0.1) is 5.92 Å². The molecule has 0 atom stereocenters. The van der Waals surface area contributed by atoms with Gasteiger partial charge in [0.15, 0.2) is 0 Å². The summed E-state index contributed by atoms with van der Waals surface area (Å²) in [4.78, 5) is 15.3. The average molecular weight is 291 g/mol. The molecule has 0 unspecified atom stereocenters. The highest BCUT2D eigenvalue weighted by Crippen LogP contribution is 2.25. The van der Waals surface area contributed by atoms with Crippen molar-refractivity contribution >= 4 is 5.97 Å². The first kappa shape index (κ1) is 15.9. The standard InChI is InChI=1S/C16H25N3O2/c1-16(2,3)19(12-13-5-4-8-17-11-13)18-9-6-14(7-10-18)15(20)21/h4-5,8,11,14H,6-7,9-10,12H2,1-3H3,(H,20,21). The zero-order valence-corrected chi connectivity index (χ0v) is 13.1. The normalized spacial score (nSPS) is 18.1. The third-order valence-corrected chi connectivity index (χ3v) is 3.99. The minimum atomic E-state index is -0.663. The number of aliphatic carboxylic acids is 1. The summed E-state index contributed by atoms with van der Waals surface area (Å²) in [5.74, 6) is -0.856. The van der Waals surface area contributed by atoms with Crippen LogP contribution in [0.2, 0.25) is 0 Å². The molecule has 21 heavy (non-hydrogen) atoms.